The van der Waals surface area contributed by atoms with Gasteiger partial charge in [-0.25, -0.2) is 14.8 Å². The largest absolute Gasteiger partial charge is 0.466 e. The first-order chi connectivity index (χ1) is 12.0. The first-order valence-electron chi connectivity index (χ1n) is 8.14. The highest BCUT2D eigenvalue weighted by Crippen LogP contribution is 2.20. The van der Waals surface area contributed by atoms with Crippen molar-refractivity contribution in [2.45, 2.75) is 27.3 Å². The molecule has 0 aliphatic carbocycles. The van der Waals surface area contributed by atoms with E-state index in [0.717, 1.165) is 39.4 Å². The number of nitrogens with zero attached hydrogens (tertiary/aromatic N) is 3. The van der Waals surface area contributed by atoms with Gasteiger partial charge in [0.05, 0.1) is 13.7 Å². The SMILES string of the molecule is COC(=O)C=Cc1ccc(Cn2c(C)nc3c(C)cc(C)nc32)cc1. The summed E-state index contributed by atoms with van der Waals surface area (Å²) in [4.78, 5) is 20.5. The lowest BCUT2D eigenvalue weighted by Gasteiger charge is -2.08. The molecule has 0 fully saturated rings. The molecule has 0 amide bonds. The van der Waals surface area contributed by atoms with Crippen molar-refractivity contribution in [2.24, 2.45) is 0 Å². The van der Waals surface area contributed by atoms with Crippen LogP contribution in [-0.4, -0.2) is 27.6 Å². The number of methoxy groups -OCH3 is 1. The highest BCUT2D eigenvalue weighted by Gasteiger charge is 2.12. The number of pyridine rings is 1. The Morgan fingerprint density at radius 3 is 2.56 bits per heavy atom. The number of rotatable bonds is 4. The fraction of sp³-hybridized carbons (Fsp3) is 0.250. The van der Waals surface area contributed by atoms with Gasteiger partial charge in [-0.15, -0.1) is 0 Å². The van der Waals surface area contributed by atoms with E-state index in [1.807, 2.05) is 38.1 Å². The molecule has 3 rings (SSSR count). The van der Waals surface area contributed by atoms with Gasteiger partial charge in [-0.05, 0) is 49.6 Å². The summed E-state index contributed by atoms with van der Waals surface area (Å²) in [5.74, 6) is 0.590. The Kier molecular flexibility index (Phi) is 4.65. The molecule has 0 spiro atoms. The van der Waals surface area contributed by atoms with E-state index in [0.29, 0.717) is 6.54 Å². The van der Waals surface area contributed by atoms with E-state index in [4.69, 9.17) is 0 Å². The van der Waals surface area contributed by atoms with Crippen LogP contribution in [0.25, 0.3) is 17.2 Å². The Balaban J connectivity index is 1.88. The molecule has 0 unspecified atom stereocenters. The van der Waals surface area contributed by atoms with Gasteiger partial charge in [0.1, 0.15) is 11.3 Å². The average Bonchev–Trinajstić information content (AvgIpc) is 2.90. The summed E-state index contributed by atoms with van der Waals surface area (Å²) >= 11 is 0. The third-order valence-corrected chi connectivity index (χ3v) is 4.15. The van der Waals surface area contributed by atoms with Gasteiger partial charge in [-0.3, -0.25) is 0 Å². The Hall–Kier alpha value is -2.95. The Morgan fingerprint density at radius 2 is 1.88 bits per heavy atom. The summed E-state index contributed by atoms with van der Waals surface area (Å²) in [5.41, 5.74) is 6.12. The third-order valence-electron chi connectivity index (χ3n) is 4.15. The lowest BCUT2D eigenvalue weighted by Crippen LogP contribution is -2.03. The van der Waals surface area contributed by atoms with E-state index >= 15 is 0 Å². The molecule has 0 atom stereocenters. The molecule has 0 N–H and O–H groups in total. The van der Waals surface area contributed by atoms with E-state index in [-0.39, 0.29) is 5.97 Å². The van der Waals surface area contributed by atoms with Crippen LogP contribution in [0.1, 0.15) is 28.2 Å². The number of aryl methyl sites for hydroxylation is 3. The molecule has 1 aromatic carbocycles. The van der Waals surface area contributed by atoms with Crippen LogP contribution in [0.5, 0.6) is 0 Å². The van der Waals surface area contributed by atoms with Crippen LogP contribution in [0.4, 0.5) is 0 Å². The van der Waals surface area contributed by atoms with Crippen molar-refractivity contribution in [3.05, 3.63) is 64.6 Å². The Morgan fingerprint density at radius 1 is 1.16 bits per heavy atom. The zero-order valence-corrected chi connectivity index (χ0v) is 14.9. The average molecular weight is 335 g/mol. The van der Waals surface area contributed by atoms with Gasteiger partial charge in [0, 0.05) is 11.8 Å². The molecule has 0 aliphatic rings. The van der Waals surface area contributed by atoms with Gasteiger partial charge in [-0.1, -0.05) is 24.3 Å². The topological polar surface area (TPSA) is 57.0 Å². The second-order valence-electron chi connectivity index (χ2n) is 6.10. The number of fused-ring (bicyclic) bond motifs is 1. The number of esters is 1. The van der Waals surface area contributed by atoms with Crippen LogP contribution in [0, 0.1) is 20.8 Å². The van der Waals surface area contributed by atoms with E-state index in [1.54, 1.807) is 6.08 Å². The van der Waals surface area contributed by atoms with Crippen LogP contribution in [0.3, 0.4) is 0 Å². The van der Waals surface area contributed by atoms with Crippen molar-refractivity contribution in [1.29, 1.82) is 0 Å². The van der Waals surface area contributed by atoms with Crippen molar-refractivity contribution in [1.82, 2.24) is 14.5 Å². The smallest absolute Gasteiger partial charge is 0.330 e. The summed E-state index contributed by atoms with van der Waals surface area (Å²) in [6.07, 6.45) is 3.15. The number of aromatic nitrogens is 3. The van der Waals surface area contributed by atoms with Gasteiger partial charge >= 0.3 is 5.97 Å². The highest BCUT2D eigenvalue weighted by atomic mass is 16.5. The first-order valence-corrected chi connectivity index (χ1v) is 8.14. The van der Waals surface area contributed by atoms with Gasteiger partial charge in [0.15, 0.2) is 5.65 Å². The molecule has 5 heteroatoms. The van der Waals surface area contributed by atoms with Crippen LogP contribution in [0.2, 0.25) is 0 Å². The van der Waals surface area contributed by atoms with Crippen LogP contribution < -0.4 is 0 Å². The molecule has 3 aromatic rings. The number of hydrogen-bond acceptors (Lipinski definition) is 4. The van der Waals surface area contributed by atoms with Crippen LogP contribution >= 0.6 is 0 Å². The molecule has 0 saturated carbocycles. The monoisotopic (exact) mass is 335 g/mol. The number of imidazole rings is 1. The molecule has 0 radical (unpaired) electrons. The molecular weight excluding hydrogens is 314 g/mol. The quantitative estimate of drug-likeness (QED) is 0.540. The minimum absolute atomic E-state index is 0.360. The van der Waals surface area contributed by atoms with Crippen LogP contribution in [0.15, 0.2) is 36.4 Å². The van der Waals surface area contributed by atoms with E-state index < -0.39 is 0 Å². The predicted octanol–water partition coefficient (Wildman–Crippen LogP) is 3.59. The number of carbonyl (C=O) groups is 1. The fourth-order valence-corrected chi connectivity index (χ4v) is 2.85. The maximum atomic E-state index is 11.2. The Bertz CT molecular complexity index is 953. The fourth-order valence-electron chi connectivity index (χ4n) is 2.85. The molecule has 2 aromatic heterocycles. The molecule has 0 bridgehead atoms. The standard InChI is InChI=1S/C20H21N3O2/c1-13-11-14(2)21-20-19(13)22-15(3)23(20)12-17-7-5-16(6-8-17)9-10-18(24)25-4/h5-11H,12H2,1-4H3. The molecule has 2 heterocycles. The van der Waals surface area contributed by atoms with Gasteiger partial charge in [-0.2, -0.15) is 0 Å². The maximum Gasteiger partial charge on any atom is 0.330 e. The van der Waals surface area contributed by atoms with Crippen molar-refractivity contribution in [3.8, 4) is 0 Å². The van der Waals surface area contributed by atoms with Gasteiger partial charge in [0.25, 0.3) is 0 Å². The summed E-state index contributed by atoms with van der Waals surface area (Å²) in [7, 11) is 1.37. The van der Waals surface area contributed by atoms with Crippen molar-refractivity contribution >= 4 is 23.2 Å². The molecule has 25 heavy (non-hydrogen) atoms. The number of benzene rings is 1. The maximum absolute atomic E-state index is 11.2. The lowest BCUT2D eigenvalue weighted by molar-refractivity contribution is -0.134. The van der Waals surface area contributed by atoms with E-state index in [1.165, 1.54) is 13.2 Å². The summed E-state index contributed by atoms with van der Waals surface area (Å²) in [6, 6.07) is 10.1. The number of hydrogen-bond donors (Lipinski definition) is 0. The number of carbonyl (C=O) groups excluding carboxylic acids is 1. The molecule has 0 aliphatic heterocycles. The molecule has 128 valence electrons. The number of ether oxygens (including phenoxy) is 1. The minimum Gasteiger partial charge on any atom is -0.466 e. The van der Waals surface area contributed by atoms with Crippen molar-refractivity contribution in [2.75, 3.05) is 7.11 Å². The van der Waals surface area contributed by atoms with Gasteiger partial charge < -0.3 is 9.30 Å². The zero-order chi connectivity index (χ0) is 18.0. The predicted molar refractivity (Wildman–Crippen MR) is 98.3 cm³/mol. The summed E-state index contributed by atoms with van der Waals surface area (Å²) in [5, 5.41) is 0. The molecule has 0 saturated heterocycles. The highest BCUT2D eigenvalue weighted by molar-refractivity contribution is 5.86. The third kappa shape index (κ3) is 3.60. The van der Waals surface area contributed by atoms with E-state index in [2.05, 4.69) is 32.3 Å². The second-order valence-corrected chi connectivity index (χ2v) is 6.10. The second kappa shape index (κ2) is 6.89. The normalized spacial score (nSPS) is 11.4. The minimum atomic E-state index is -0.360. The van der Waals surface area contributed by atoms with Crippen LogP contribution in [-0.2, 0) is 16.1 Å². The Labute approximate surface area is 147 Å². The van der Waals surface area contributed by atoms with E-state index in [9.17, 15) is 4.79 Å². The van der Waals surface area contributed by atoms with Gasteiger partial charge in [0.2, 0.25) is 0 Å². The molecule has 5 nitrogen and oxygen atoms in total. The van der Waals surface area contributed by atoms with Crippen molar-refractivity contribution < 1.29 is 9.53 Å². The lowest BCUT2D eigenvalue weighted by atomic mass is 10.1. The molecular formula is C20H21N3O2. The first kappa shape index (κ1) is 16.9. The summed E-state index contributed by atoms with van der Waals surface area (Å²) < 4.78 is 6.73. The van der Waals surface area contributed by atoms with Crippen molar-refractivity contribution in [3.63, 3.8) is 0 Å². The zero-order valence-electron chi connectivity index (χ0n) is 14.9. The summed E-state index contributed by atoms with van der Waals surface area (Å²) in [6.45, 7) is 6.78.